The maximum atomic E-state index is 11.3. The number of nitrogens with zero attached hydrogens (tertiary/aromatic N) is 3. The Labute approximate surface area is 114 Å². The number of rotatable bonds is 3. The molecule has 0 aliphatic heterocycles. The minimum absolute atomic E-state index is 0.0766. The number of benzene rings is 1. The molecule has 5 nitrogen and oxygen atoms in total. The van der Waals surface area contributed by atoms with E-state index in [0.717, 1.165) is 4.90 Å². The van der Waals surface area contributed by atoms with Crippen molar-refractivity contribution in [2.24, 2.45) is 0 Å². The molecule has 94 valence electrons. The second-order valence-corrected chi connectivity index (χ2v) is 6.86. The van der Waals surface area contributed by atoms with Crippen LogP contribution in [-0.4, -0.2) is 29.9 Å². The first kappa shape index (κ1) is 13.3. The summed E-state index contributed by atoms with van der Waals surface area (Å²) < 4.78 is 22.6. The van der Waals surface area contributed by atoms with Crippen LogP contribution >= 0.6 is 23.4 Å². The second-order valence-electron chi connectivity index (χ2n) is 3.41. The number of halogens is 1. The van der Waals surface area contributed by atoms with Crippen molar-refractivity contribution in [2.75, 3.05) is 6.26 Å². The Bertz CT molecular complexity index is 659. The van der Waals surface area contributed by atoms with E-state index in [-0.39, 0.29) is 10.2 Å². The molecule has 1 aromatic carbocycles. The van der Waals surface area contributed by atoms with Crippen LogP contribution in [0.1, 0.15) is 0 Å². The Balaban J connectivity index is 2.21. The smallest absolute Gasteiger partial charge is 0.224 e. The first-order chi connectivity index (χ1) is 8.45. The molecule has 1 aromatic heterocycles. The van der Waals surface area contributed by atoms with Crippen molar-refractivity contribution >= 4 is 33.2 Å². The van der Waals surface area contributed by atoms with Gasteiger partial charge in [-0.05, 0) is 35.9 Å². The van der Waals surface area contributed by atoms with E-state index in [2.05, 4.69) is 15.2 Å². The van der Waals surface area contributed by atoms with Gasteiger partial charge in [0, 0.05) is 11.2 Å². The third-order valence-corrected chi connectivity index (χ3v) is 4.19. The molecule has 0 aliphatic carbocycles. The van der Waals surface area contributed by atoms with E-state index < -0.39 is 9.84 Å². The van der Waals surface area contributed by atoms with Crippen molar-refractivity contribution in [3.63, 3.8) is 0 Å². The minimum Gasteiger partial charge on any atom is -0.224 e. The average Bonchev–Trinajstić information content (AvgIpc) is 2.28. The van der Waals surface area contributed by atoms with Crippen molar-refractivity contribution in [1.82, 2.24) is 15.2 Å². The van der Waals surface area contributed by atoms with Gasteiger partial charge < -0.3 is 0 Å². The van der Waals surface area contributed by atoms with Crippen LogP contribution in [0.2, 0.25) is 5.28 Å². The summed E-state index contributed by atoms with van der Waals surface area (Å²) in [6, 6.07) is 6.51. The fraction of sp³-hybridized carbons (Fsp3) is 0.100. The van der Waals surface area contributed by atoms with E-state index in [1.54, 1.807) is 24.3 Å². The number of aromatic nitrogens is 3. The summed E-state index contributed by atoms with van der Waals surface area (Å²) in [4.78, 5) is 5.11. The van der Waals surface area contributed by atoms with E-state index in [0.29, 0.717) is 5.03 Å². The molecule has 0 saturated carbocycles. The van der Waals surface area contributed by atoms with Crippen LogP contribution in [0, 0.1) is 0 Å². The standard InChI is InChI=1S/C10H8ClN3O2S2/c1-18(15,16)8-4-2-7(3-5-8)17-9-6-12-14-10(11)13-9/h2-6H,1H3. The summed E-state index contributed by atoms with van der Waals surface area (Å²) in [6.07, 6.45) is 2.66. The van der Waals surface area contributed by atoms with Crippen LogP contribution in [-0.2, 0) is 9.84 Å². The maximum Gasteiger partial charge on any atom is 0.244 e. The average molecular weight is 302 g/mol. The normalized spacial score (nSPS) is 11.4. The third-order valence-electron chi connectivity index (χ3n) is 1.99. The zero-order valence-corrected chi connectivity index (χ0v) is 11.6. The van der Waals surface area contributed by atoms with Gasteiger partial charge in [-0.25, -0.2) is 13.4 Å². The molecule has 8 heteroatoms. The van der Waals surface area contributed by atoms with E-state index in [1.807, 2.05) is 0 Å². The van der Waals surface area contributed by atoms with E-state index in [4.69, 9.17) is 11.6 Å². The quantitative estimate of drug-likeness (QED) is 0.864. The summed E-state index contributed by atoms with van der Waals surface area (Å²) in [6.45, 7) is 0. The summed E-state index contributed by atoms with van der Waals surface area (Å²) in [5.74, 6) is 0. The SMILES string of the molecule is CS(=O)(=O)c1ccc(Sc2cnnc(Cl)n2)cc1. The molecule has 0 bridgehead atoms. The van der Waals surface area contributed by atoms with Crippen LogP contribution in [0.3, 0.4) is 0 Å². The zero-order chi connectivity index (χ0) is 13.2. The van der Waals surface area contributed by atoms with Gasteiger partial charge in [0.15, 0.2) is 9.84 Å². The lowest BCUT2D eigenvalue weighted by atomic mass is 10.4. The summed E-state index contributed by atoms with van der Waals surface area (Å²) >= 11 is 6.95. The molecular formula is C10H8ClN3O2S2. The van der Waals surface area contributed by atoms with Crippen molar-refractivity contribution in [3.8, 4) is 0 Å². The lowest BCUT2D eigenvalue weighted by Crippen LogP contribution is -1.96. The van der Waals surface area contributed by atoms with Crippen molar-refractivity contribution in [3.05, 3.63) is 35.7 Å². The van der Waals surface area contributed by atoms with Gasteiger partial charge in [0.05, 0.1) is 11.1 Å². The molecule has 1 heterocycles. The fourth-order valence-electron chi connectivity index (χ4n) is 1.19. The fourth-order valence-corrected chi connectivity index (χ4v) is 2.75. The highest BCUT2D eigenvalue weighted by atomic mass is 35.5. The number of sulfone groups is 1. The van der Waals surface area contributed by atoms with Gasteiger partial charge in [-0.1, -0.05) is 11.8 Å². The predicted octanol–water partition coefficient (Wildman–Crippen LogP) is 2.08. The number of hydrogen-bond donors (Lipinski definition) is 0. The highest BCUT2D eigenvalue weighted by Crippen LogP contribution is 2.26. The topological polar surface area (TPSA) is 72.8 Å². The van der Waals surface area contributed by atoms with Crippen molar-refractivity contribution < 1.29 is 8.42 Å². The first-order valence-electron chi connectivity index (χ1n) is 4.78. The molecule has 0 aliphatic rings. The molecular weight excluding hydrogens is 294 g/mol. The molecule has 18 heavy (non-hydrogen) atoms. The lowest BCUT2D eigenvalue weighted by molar-refractivity contribution is 0.602. The summed E-state index contributed by atoms with van der Waals surface area (Å²) in [5, 5.41) is 7.89. The summed E-state index contributed by atoms with van der Waals surface area (Å²) in [7, 11) is -3.17. The Morgan fingerprint density at radius 3 is 2.44 bits per heavy atom. The summed E-state index contributed by atoms with van der Waals surface area (Å²) in [5.41, 5.74) is 0. The Hall–Kier alpha value is -1.18. The lowest BCUT2D eigenvalue weighted by Gasteiger charge is -2.02. The molecule has 0 saturated heterocycles. The Morgan fingerprint density at radius 2 is 1.89 bits per heavy atom. The second kappa shape index (κ2) is 5.21. The first-order valence-corrected chi connectivity index (χ1v) is 7.87. The van der Waals surface area contributed by atoms with Crippen LogP contribution < -0.4 is 0 Å². The molecule has 0 spiro atoms. The van der Waals surface area contributed by atoms with Crippen LogP contribution in [0.4, 0.5) is 0 Å². The largest absolute Gasteiger partial charge is 0.244 e. The molecule has 0 fully saturated rings. The molecule has 0 unspecified atom stereocenters. The zero-order valence-electron chi connectivity index (χ0n) is 9.24. The molecule has 0 amide bonds. The van der Waals surface area contributed by atoms with Gasteiger partial charge in [0.1, 0.15) is 5.03 Å². The van der Waals surface area contributed by atoms with Crippen LogP contribution in [0.25, 0.3) is 0 Å². The van der Waals surface area contributed by atoms with Gasteiger partial charge in [-0.15, -0.1) is 5.10 Å². The van der Waals surface area contributed by atoms with E-state index in [9.17, 15) is 8.42 Å². The minimum atomic E-state index is -3.17. The number of hydrogen-bond acceptors (Lipinski definition) is 6. The van der Waals surface area contributed by atoms with Crippen molar-refractivity contribution in [2.45, 2.75) is 14.8 Å². The Morgan fingerprint density at radius 1 is 1.22 bits per heavy atom. The van der Waals surface area contributed by atoms with Gasteiger partial charge in [-0.2, -0.15) is 5.10 Å². The predicted molar refractivity (Wildman–Crippen MR) is 68.5 cm³/mol. The third kappa shape index (κ3) is 3.41. The molecule has 0 radical (unpaired) electrons. The van der Waals surface area contributed by atoms with Gasteiger partial charge in [0.2, 0.25) is 5.28 Å². The van der Waals surface area contributed by atoms with Gasteiger partial charge in [-0.3, -0.25) is 0 Å². The monoisotopic (exact) mass is 301 g/mol. The van der Waals surface area contributed by atoms with Crippen LogP contribution in [0.5, 0.6) is 0 Å². The molecule has 2 aromatic rings. The molecule has 0 N–H and O–H groups in total. The Kier molecular flexibility index (Phi) is 3.84. The van der Waals surface area contributed by atoms with Gasteiger partial charge in [0.25, 0.3) is 0 Å². The maximum absolute atomic E-state index is 11.3. The van der Waals surface area contributed by atoms with E-state index in [1.165, 1.54) is 24.2 Å². The molecule has 0 atom stereocenters. The van der Waals surface area contributed by atoms with Crippen LogP contribution in [0.15, 0.2) is 45.3 Å². The van der Waals surface area contributed by atoms with Gasteiger partial charge >= 0.3 is 0 Å². The molecule has 2 rings (SSSR count). The van der Waals surface area contributed by atoms with E-state index >= 15 is 0 Å². The highest BCUT2D eigenvalue weighted by molar-refractivity contribution is 7.99. The highest BCUT2D eigenvalue weighted by Gasteiger charge is 2.07. The van der Waals surface area contributed by atoms with Crippen molar-refractivity contribution in [1.29, 1.82) is 0 Å².